The molecule has 0 aliphatic heterocycles. The van der Waals surface area contributed by atoms with Crippen LogP contribution in [0.15, 0.2) is 0 Å². The van der Waals surface area contributed by atoms with E-state index >= 15 is 0 Å². The van der Waals surface area contributed by atoms with Crippen molar-refractivity contribution in [2.24, 2.45) is 11.8 Å². The standard InChI is InChI=1S/C25H32/c1-3-10-24-18(6-1)12-14-22(24)16-20-8-5-9-21(20)17-23-15-13-19-7-2-4-11-25(19)23/h12-15,20-21H,1-11,16-17H2/t20-,21-/m1/s1. The summed E-state index contributed by atoms with van der Waals surface area (Å²) in [6, 6.07) is 0. The number of hydrogen-bond donors (Lipinski definition) is 0. The van der Waals surface area contributed by atoms with Gasteiger partial charge in [0, 0.05) is 0 Å². The molecule has 0 aromatic rings. The molecular formula is C25H32. The Morgan fingerprint density at radius 2 is 1.04 bits per heavy atom. The zero-order chi connectivity index (χ0) is 16.6. The molecular weight excluding hydrogens is 300 g/mol. The monoisotopic (exact) mass is 332 g/mol. The van der Waals surface area contributed by atoms with E-state index in [9.17, 15) is 0 Å². The first kappa shape index (κ1) is 17.1. The molecule has 5 fully saturated rings. The molecule has 0 heterocycles. The molecule has 0 bridgehead atoms. The van der Waals surface area contributed by atoms with E-state index in [1.807, 2.05) is 0 Å². The van der Waals surface area contributed by atoms with Crippen LogP contribution in [0.1, 0.15) is 83.5 Å². The van der Waals surface area contributed by atoms with Crippen LogP contribution in [0.5, 0.6) is 0 Å². The summed E-state index contributed by atoms with van der Waals surface area (Å²) in [4.78, 5) is 0. The van der Waals surface area contributed by atoms with Crippen LogP contribution in [0.4, 0.5) is 0 Å². The van der Waals surface area contributed by atoms with E-state index in [0.717, 1.165) is 11.8 Å². The number of rotatable bonds is 4. The molecule has 0 heteroatoms. The Balaban J connectivity index is 1.18. The van der Waals surface area contributed by atoms with Crippen molar-refractivity contribution in [1.29, 1.82) is 0 Å². The highest BCUT2D eigenvalue weighted by molar-refractivity contribution is 5.52. The largest absolute Gasteiger partial charge is 0.0528 e. The summed E-state index contributed by atoms with van der Waals surface area (Å²) in [6.07, 6.45) is 28.0. The zero-order valence-corrected chi connectivity index (χ0v) is 15.7. The minimum absolute atomic E-state index is 0.933. The maximum Gasteiger partial charge on any atom is -0.00997 e. The lowest BCUT2D eigenvalue weighted by Gasteiger charge is -2.33. The van der Waals surface area contributed by atoms with E-state index in [2.05, 4.69) is 25.7 Å². The van der Waals surface area contributed by atoms with Crippen LogP contribution in [0.25, 0.3) is 0 Å². The minimum Gasteiger partial charge on any atom is -0.0528 e. The highest BCUT2D eigenvalue weighted by atomic mass is 14.5. The predicted molar refractivity (Wildman–Crippen MR) is 104 cm³/mol. The lowest BCUT2D eigenvalue weighted by Crippen LogP contribution is -2.21. The fourth-order valence-electron chi connectivity index (χ4n) is 6.16. The van der Waals surface area contributed by atoms with Crippen LogP contribution in [0.2, 0.25) is 0 Å². The molecule has 0 aromatic heterocycles. The van der Waals surface area contributed by atoms with Gasteiger partial charge in [-0.2, -0.15) is 0 Å². The van der Waals surface area contributed by atoms with Crippen molar-refractivity contribution in [1.82, 2.24) is 0 Å². The first-order valence-electron chi connectivity index (χ1n) is 10.9. The lowest BCUT2D eigenvalue weighted by molar-refractivity contribution is 0.356. The molecule has 2 atom stereocenters. The van der Waals surface area contributed by atoms with E-state index in [1.165, 1.54) is 83.5 Å². The second-order valence-electron chi connectivity index (χ2n) is 9.00. The Bertz CT molecular complexity index is 399. The molecule has 0 spiro atoms. The Kier molecular flexibility index (Phi) is 5.17. The van der Waals surface area contributed by atoms with Gasteiger partial charge >= 0.3 is 0 Å². The molecule has 5 rings (SSSR count). The third kappa shape index (κ3) is 3.45. The molecule has 5 aliphatic carbocycles. The maximum absolute atomic E-state index is 2.48. The van der Waals surface area contributed by atoms with E-state index in [0.29, 0.717) is 0 Å². The van der Waals surface area contributed by atoms with Crippen molar-refractivity contribution in [3.8, 4) is 0 Å². The summed E-state index contributed by atoms with van der Waals surface area (Å²) >= 11 is 0. The van der Waals surface area contributed by atoms with Crippen molar-refractivity contribution in [2.45, 2.75) is 83.5 Å². The Hall–Kier alpha value is 0. The van der Waals surface area contributed by atoms with Crippen molar-refractivity contribution in [2.75, 3.05) is 0 Å². The van der Waals surface area contributed by atoms with Crippen molar-refractivity contribution in [3.05, 3.63) is 61.2 Å². The molecule has 25 heavy (non-hydrogen) atoms. The highest BCUT2D eigenvalue weighted by Gasteiger charge is 2.44. The topological polar surface area (TPSA) is 0 Å². The minimum atomic E-state index is 0.933. The summed E-state index contributed by atoms with van der Waals surface area (Å²) in [5.41, 5.74) is 0. The quantitative estimate of drug-likeness (QED) is 0.542. The van der Waals surface area contributed by atoms with Gasteiger partial charge in [-0.15, -0.1) is 0 Å². The molecule has 0 aromatic carbocycles. The van der Waals surface area contributed by atoms with E-state index in [4.69, 9.17) is 0 Å². The molecule has 132 valence electrons. The summed E-state index contributed by atoms with van der Waals surface area (Å²) in [7, 11) is 0. The SMILES string of the molecule is [CH]1[CH][C](C[C@H]2CCC[C@@H]2C[C]2[CH][CH][C]3CCCC[C]32)[C]2CCCC[C]12. The maximum atomic E-state index is 2.48. The van der Waals surface area contributed by atoms with Gasteiger partial charge in [-0.25, -0.2) is 0 Å². The van der Waals surface area contributed by atoms with Gasteiger partial charge in [0.25, 0.3) is 0 Å². The van der Waals surface area contributed by atoms with Gasteiger partial charge in [0.1, 0.15) is 0 Å². The molecule has 0 unspecified atom stereocenters. The van der Waals surface area contributed by atoms with E-state index < -0.39 is 0 Å². The molecule has 0 saturated heterocycles. The summed E-state index contributed by atoms with van der Waals surface area (Å²) in [6.45, 7) is 0. The molecule has 5 aliphatic rings. The molecule has 0 nitrogen and oxygen atoms in total. The van der Waals surface area contributed by atoms with Gasteiger partial charge in [0.15, 0.2) is 0 Å². The fourth-order valence-corrected chi connectivity index (χ4v) is 6.16. The molecule has 0 N–H and O–H groups in total. The first-order valence-corrected chi connectivity index (χ1v) is 10.9. The van der Waals surface area contributed by atoms with Gasteiger partial charge in [-0.05, 0) is 112 Å². The van der Waals surface area contributed by atoms with Gasteiger partial charge in [-0.3, -0.25) is 0 Å². The van der Waals surface area contributed by atoms with Crippen molar-refractivity contribution in [3.63, 3.8) is 0 Å². The van der Waals surface area contributed by atoms with Crippen LogP contribution < -0.4 is 0 Å². The fraction of sp³-hybridized carbons (Fsp3) is 0.600. The van der Waals surface area contributed by atoms with Crippen molar-refractivity contribution >= 4 is 0 Å². The highest BCUT2D eigenvalue weighted by Crippen LogP contribution is 2.56. The predicted octanol–water partition coefficient (Wildman–Crippen LogP) is 6.62. The Morgan fingerprint density at radius 1 is 0.560 bits per heavy atom. The van der Waals surface area contributed by atoms with Gasteiger partial charge in [-0.1, -0.05) is 44.9 Å². The van der Waals surface area contributed by atoms with E-state index in [-0.39, 0.29) is 0 Å². The summed E-state index contributed by atoms with van der Waals surface area (Å²) in [5.74, 6) is 12.2. The third-order valence-corrected chi connectivity index (χ3v) is 7.55. The number of hydrogen-bond acceptors (Lipinski definition) is 0. The van der Waals surface area contributed by atoms with Gasteiger partial charge in [0.05, 0.1) is 0 Å². The second-order valence-corrected chi connectivity index (χ2v) is 9.00. The van der Waals surface area contributed by atoms with Gasteiger partial charge in [0.2, 0.25) is 0 Å². The van der Waals surface area contributed by atoms with Crippen LogP contribution in [0, 0.1) is 73.0 Å². The number of fused-ring (bicyclic) bond motifs is 2. The van der Waals surface area contributed by atoms with Crippen molar-refractivity contribution < 1.29 is 0 Å². The van der Waals surface area contributed by atoms with E-state index in [1.54, 1.807) is 35.5 Å². The zero-order valence-electron chi connectivity index (χ0n) is 15.7. The molecule has 5 saturated carbocycles. The first-order chi connectivity index (χ1) is 12.4. The molecule has 0 amide bonds. The summed E-state index contributed by atoms with van der Waals surface area (Å²) in [5, 5.41) is 0. The summed E-state index contributed by atoms with van der Waals surface area (Å²) < 4.78 is 0. The average molecular weight is 333 g/mol. The Morgan fingerprint density at radius 3 is 1.56 bits per heavy atom. The average Bonchev–Trinajstić information content (AvgIpc) is 3.36. The third-order valence-electron chi connectivity index (χ3n) is 7.55. The van der Waals surface area contributed by atoms with Crippen LogP contribution in [-0.2, 0) is 0 Å². The van der Waals surface area contributed by atoms with Crippen LogP contribution >= 0.6 is 0 Å². The van der Waals surface area contributed by atoms with Crippen LogP contribution in [0.3, 0.4) is 0 Å². The second kappa shape index (κ2) is 7.55. The molecule has 10 radical (unpaired) electrons. The van der Waals surface area contributed by atoms with Gasteiger partial charge < -0.3 is 0 Å². The Labute approximate surface area is 156 Å². The normalized spacial score (nSPS) is 37.0. The lowest BCUT2D eigenvalue weighted by atomic mass is 9.71. The smallest absolute Gasteiger partial charge is 0.00997 e. The van der Waals surface area contributed by atoms with Crippen LogP contribution in [-0.4, -0.2) is 0 Å².